The highest BCUT2D eigenvalue weighted by atomic mass is 16.3. The molecule has 0 radical (unpaired) electrons. The molecule has 1 aromatic carbocycles. The molecule has 114 valence electrons. The lowest BCUT2D eigenvalue weighted by Gasteiger charge is -2.06. The molecule has 0 aliphatic heterocycles. The number of furan rings is 1. The molecule has 0 atom stereocenters. The molecule has 4 aromatic rings. The van der Waals surface area contributed by atoms with Crippen molar-refractivity contribution in [2.45, 2.75) is 6.54 Å². The number of imidazole rings is 1. The van der Waals surface area contributed by atoms with Gasteiger partial charge < -0.3 is 14.8 Å². The predicted molar refractivity (Wildman–Crippen MR) is 86.1 cm³/mol. The van der Waals surface area contributed by atoms with E-state index >= 15 is 0 Å². The number of nitrogens with one attached hydrogen (secondary N) is 1. The zero-order valence-electron chi connectivity index (χ0n) is 12.2. The van der Waals surface area contributed by atoms with Crippen molar-refractivity contribution in [3.63, 3.8) is 0 Å². The van der Waals surface area contributed by atoms with E-state index < -0.39 is 0 Å². The first kappa shape index (κ1) is 13.4. The number of anilines is 1. The number of nitrogens with zero attached hydrogens (tertiary/aromatic N) is 3. The van der Waals surface area contributed by atoms with E-state index in [1.807, 2.05) is 30.3 Å². The quantitative estimate of drug-likeness (QED) is 0.605. The van der Waals surface area contributed by atoms with Gasteiger partial charge in [-0.1, -0.05) is 12.1 Å². The molecular weight excluding hydrogens is 292 g/mol. The van der Waals surface area contributed by atoms with Crippen molar-refractivity contribution in [1.29, 1.82) is 0 Å². The molecule has 23 heavy (non-hydrogen) atoms. The number of aromatic hydroxyl groups is 1. The van der Waals surface area contributed by atoms with Crippen LogP contribution in [0.4, 0.5) is 5.82 Å². The fourth-order valence-corrected chi connectivity index (χ4v) is 2.42. The minimum absolute atomic E-state index is 0.213. The molecule has 0 saturated heterocycles. The molecule has 0 amide bonds. The highest BCUT2D eigenvalue weighted by Gasteiger charge is 2.08. The average Bonchev–Trinajstić information content (AvgIpc) is 3.22. The Hall–Kier alpha value is -3.28. The largest absolute Gasteiger partial charge is 0.508 e. The number of benzene rings is 1. The number of phenolic OH excluding ortho intramolecular Hbond substituents is 1. The average molecular weight is 306 g/mol. The van der Waals surface area contributed by atoms with Gasteiger partial charge in [0.15, 0.2) is 5.65 Å². The van der Waals surface area contributed by atoms with Crippen molar-refractivity contribution in [3.05, 3.63) is 66.8 Å². The molecule has 0 spiro atoms. The van der Waals surface area contributed by atoms with Crippen LogP contribution in [0, 0.1) is 0 Å². The van der Waals surface area contributed by atoms with E-state index in [1.54, 1.807) is 35.2 Å². The van der Waals surface area contributed by atoms with Crippen molar-refractivity contribution in [2.24, 2.45) is 0 Å². The van der Waals surface area contributed by atoms with Crippen molar-refractivity contribution >= 4 is 11.5 Å². The third kappa shape index (κ3) is 2.62. The molecule has 6 heteroatoms. The molecule has 3 heterocycles. The molecule has 4 rings (SSSR count). The Balaban J connectivity index is 1.68. The summed E-state index contributed by atoms with van der Waals surface area (Å²) < 4.78 is 7.05. The molecule has 0 saturated carbocycles. The number of hydrogen-bond donors (Lipinski definition) is 2. The molecule has 0 fully saturated rings. The first-order valence-electron chi connectivity index (χ1n) is 7.20. The number of aromatic nitrogens is 3. The van der Waals surface area contributed by atoms with E-state index in [1.165, 1.54) is 0 Å². The lowest BCUT2D eigenvalue weighted by molar-refractivity contribution is 0.475. The van der Waals surface area contributed by atoms with E-state index in [-0.39, 0.29) is 5.75 Å². The third-order valence-corrected chi connectivity index (χ3v) is 3.53. The van der Waals surface area contributed by atoms with Gasteiger partial charge in [-0.2, -0.15) is 0 Å². The molecule has 6 nitrogen and oxygen atoms in total. The van der Waals surface area contributed by atoms with Crippen LogP contribution in [0.3, 0.4) is 0 Å². The van der Waals surface area contributed by atoms with Crippen LogP contribution in [-0.2, 0) is 6.54 Å². The van der Waals surface area contributed by atoms with Gasteiger partial charge in [0, 0.05) is 5.56 Å². The summed E-state index contributed by atoms with van der Waals surface area (Å²) in [5, 5.41) is 17.4. The molecule has 0 bridgehead atoms. The van der Waals surface area contributed by atoms with E-state index in [2.05, 4.69) is 15.4 Å². The van der Waals surface area contributed by atoms with Gasteiger partial charge in [0.25, 0.3) is 0 Å². The second-order valence-electron chi connectivity index (χ2n) is 5.12. The minimum Gasteiger partial charge on any atom is -0.508 e. The molecule has 3 aromatic heterocycles. The van der Waals surface area contributed by atoms with Crippen LogP contribution in [0.5, 0.6) is 5.75 Å². The maximum atomic E-state index is 9.66. The molecule has 0 unspecified atom stereocenters. The summed E-state index contributed by atoms with van der Waals surface area (Å²) in [5.41, 5.74) is 2.41. The zero-order valence-corrected chi connectivity index (χ0v) is 12.2. The van der Waals surface area contributed by atoms with Crippen LogP contribution >= 0.6 is 0 Å². The van der Waals surface area contributed by atoms with Crippen LogP contribution in [0.25, 0.3) is 16.9 Å². The summed E-state index contributed by atoms with van der Waals surface area (Å²) in [4.78, 5) is 4.35. The molecule has 0 aliphatic rings. The Kier molecular flexibility index (Phi) is 3.20. The maximum Gasteiger partial charge on any atom is 0.154 e. The Labute approximate surface area is 132 Å². The Bertz CT molecular complexity index is 944. The van der Waals surface area contributed by atoms with E-state index in [4.69, 9.17) is 4.42 Å². The van der Waals surface area contributed by atoms with Gasteiger partial charge in [-0.15, -0.1) is 5.10 Å². The van der Waals surface area contributed by atoms with E-state index in [9.17, 15) is 5.11 Å². The van der Waals surface area contributed by atoms with Crippen molar-refractivity contribution in [3.8, 4) is 17.0 Å². The fraction of sp³-hybridized carbons (Fsp3) is 0.0588. The number of hydrogen-bond acceptors (Lipinski definition) is 5. The lowest BCUT2D eigenvalue weighted by Crippen LogP contribution is -2.04. The van der Waals surface area contributed by atoms with E-state index in [0.29, 0.717) is 12.4 Å². The Morgan fingerprint density at radius 1 is 1.13 bits per heavy atom. The minimum atomic E-state index is 0.213. The highest BCUT2D eigenvalue weighted by molar-refractivity contribution is 5.65. The summed E-state index contributed by atoms with van der Waals surface area (Å²) in [6.45, 7) is 0.557. The lowest BCUT2D eigenvalue weighted by atomic mass is 10.1. The number of rotatable bonds is 4. The summed E-state index contributed by atoms with van der Waals surface area (Å²) in [6, 6.07) is 14.5. The molecule has 2 N–H and O–H groups in total. The maximum absolute atomic E-state index is 9.66. The first-order chi connectivity index (χ1) is 11.3. The second kappa shape index (κ2) is 5.49. The topological polar surface area (TPSA) is 75.6 Å². The Morgan fingerprint density at radius 3 is 2.91 bits per heavy atom. The molecule has 0 aliphatic carbocycles. The smallest absolute Gasteiger partial charge is 0.154 e. The fourth-order valence-electron chi connectivity index (χ4n) is 2.42. The van der Waals surface area contributed by atoms with E-state index in [0.717, 1.165) is 22.7 Å². The van der Waals surface area contributed by atoms with Gasteiger partial charge in [-0.05, 0) is 36.4 Å². The van der Waals surface area contributed by atoms with Gasteiger partial charge in [0.2, 0.25) is 0 Å². The van der Waals surface area contributed by atoms with Gasteiger partial charge in [0.05, 0.1) is 24.7 Å². The third-order valence-electron chi connectivity index (χ3n) is 3.53. The van der Waals surface area contributed by atoms with Gasteiger partial charge in [-0.3, -0.25) is 0 Å². The van der Waals surface area contributed by atoms with Crippen LogP contribution in [-0.4, -0.2) is 19.7 Å². The van der Waals surface area contributed by atoms with Crippen molar-refractivity contribution in [2.75, 3.05) is 5.32 Å². The summed E-state index contributed by atoms with van der Waals surface area (Å²) in [5.74, 6) is 1.77. The van der Waals surface area contributed by atoms with Crippen molar-refractivity contribution in [1.82, 2.24) is 14.6 Å². The van der Waals surface area contributed by atoms with Crippen LogP contribution in [0.1, 0.15) is 5.76 Å². The molecular formula is C17H14N4O2. The van der Waals surface area contributed by atoms with Gasteiger partial charge in [0.1, 0.15) is 17.3 Å². The second-order valence-corrected chi connectivity index (χ2v) is 5.12. The normalized spacial score (nSPS) is 11.0. The first-order valence-corrected chi connectivity index (χ1v) is 7.20. The predicted octanol–water partition coefficient (Wildman–Crippen LogP) is 3.31. The Morgan fingerprint density at radius 2 is 2.09 bits per heavy atom. The van der Waals surface area contributed by atoms with Crippen LogP contribution in [0.2, 0.25) is 0 Å². The summed E-state index contributed by atoms with van der Waals surface area (Å²) in [6.07, 6.45) is 3.39. The van der Waals surface area contributed by atoms with Crippen LogP contribution in [0.15, 0.2) is 65.4 Å². The van der Waals surface area contributed by atoms with Gasteiger partial charge >= 0.3 is 0 Å². The zero-order chi connectivity index (χ0) is 15.6. The summed E-state index contributed by atoms with van der Waals surface area (Å²) >= 11 is 0. The van der Waals surface area contributed by atoms with Crippen molar-refractivity contribution < 1.29 is 9.52 Å². The summed E-state index contributed by atoms with van der Waals surface area (Å²) in [7, 11) is 0. The van der Waals surface area contributed by atoms with Crippen LogP contribution < -0.4 is 5.32 Å². The highest BCUT2D eigenvalue weighted by Crippen LogP contribution is 2.24. The monoisotopic (exact) mass is 306 g/mol. The standard InChI is InChI=1S/C17H14N4O2/c22-13-4-1-3-12(9-13)15-11-19-17-7-6-16(20-21(15)17)18-10-14-5-2-8-23-14/h1-9,11,22H,10H2,(H,18,20). The SMILES string of the molecule is Oc1cccc(-c2cnc3ccc(NCc4ccco4)nn23)c1. The van der Waals surface area contributed by atoms with Gasteiger partial charge in [-0.25, -0.2) is 9.50 Å². The number of phenols is 1. The number of fused-ring (bicyclic) bond motifs is 1.